The summed E-state index contributed by atoms with van der Waals surface area (Å²) in [4.78, 5) is 11.9. The summed E-state index contributed by atoms with van der Waals surface area (Å²) in [5.41, 5.74) is 12.0. The Morgan fingerprint density at radius 2 is 2.00 bits per heavy atom. The average Bonchev–Trinajstić information content (AvgIpc) is 2.76. The molecule has 0 spiro atoms. The molecule has 0 fully saturated rings. The summed E-state index contributed by atoms with van der Waals surface area (Å²) in [7, 11) is 0. The number of nitrogen functional groups attached to an aromatic ring is 2. The molecule has 0 bridgehead atoms. The monoisotopic (exact) mass is 215 g/mol. The number of nitrogens with two attached hydrogens (primary N) is 2. The van der Waals surface area contributed by atoms with Crippen LogP contribution in [0, 0.1) is 12.3 Å². The van der Waals surface area contributed by atoms with Crippen molar-refractivity contribution in [3.05, 3.63) is 18.2 Å². The molecule has 0 atom stereocenters. The van der Waals surface area contributed by atoms with E-state index in [1.807, 2.05) is 0 Å². The van der Waals surface area contributed by atoms with Crippen LogP contribution in [0.2, 0.25) is 0 Å². The molecule has 0 aliphatic heterocycles. The second-order valence-electron chi connectivity index (χ2n) is 2.99. The summed E-state index contributed by atoms with van der Waals surface area (Å²) in [6.45, 7) is 0. The van der Waals surface area contributed by atoms with Crippen molar-refractivity contribution in [2.45, 2.75) is 6.42 Å². The number of nitrogens with zero attached hydrogens (tertiary/aromatic N) is 5. The fraction of sp³-hybridized carbons (Fsp3) is 0.111. The van der Waals surface area contributed by atoms with Crippen molar-refractivity contribution in [1.82, 2.24) is 24.7 Å². The first-order chi connectivity index (χ1) is 7.72. The quantitative estimate of drug-likeness (QED) is 0.647. The molecule has 0 saturated heterocycles. The lowest BCUT2D eigenvalue weighted by Crippen LogP contribution is -2.10. The third-order valence-corrected chi connectivity index (χ3v) is 1.96. The van der Waals surface area contributed by atoms with E-state index in [9.17, 15) is 0 Å². The van der Waals surface area contributed by atoms with Gasteiger partial charge in [0.25, 0.3) is 5.95 Å². The highest BCUT2D eigenvalue weighted by molar-refractivity contribution is 5.55. The Morgan fingerprint density at radius 1 is 1.31 bits per heavy atom. The molecule has 0 aliphatic rings. The molecule has 2 aromatic rings. The number of aromatic nitrogens is 5. The highest BCUT2D eigenvalue weighted by Crippen LogP contribution is 2.17. The summed E-state index contributed by atoms with van der Waals surface area (Å²) in [5, 5.41) is 3.87. The van der Waals surface area contributed by atoms with E-state index in [0.29, 0.717) is 12.0 Å². The van der Waals surface area contributed by atoms with Crippen LogP contribution in [0.5, 0.6) is 0 Å². The van der Waals surface area contributed by atoms with Gasteiger partial charge < -0.3 is 11.5 Å². The van der Waals surface area contributed by atoms with E-state index in [4.69, 9.17) is 17.9 Å². The van der Waals surface area contributed by atoms with Gasteiger partial charge in [0.1, 0.15) is 24.3 Å². The van der Waals surface area contributed by atoms with Gasteiger partial charge in [0.2, 0.25) is 0 Å². The molecule has 7 nitrogen and oxygen atoms in total. The third-order valence-electron chi connectivity index (χ3n) is 1.96. The maximum atomic E-state index is 5.73. The van der Waals surface area contributed by atoms with E-state index in [1.54, 1.807) is 0 Å². The predicted octanol–water partition coefficient (Wildman–Crippen LogP) is -0.603. The van der Waals surface area contributed by atoms with E-state index in [-0.39, 0.29) is 17.6 Å². The maximum absolute atomic E-state index is 5.73. The van der Waals surface area contributed by atoms with Gasteiger partial charge in [-0.3, -0.25) is 0 Å². The fourth-order valence-corrected chi connectivity index (χ4v) is 1.20. The molecular formula is C9H9N7. The Labute approximate surface area is 91.5 Å². The zero-order chi connectivity index (χ0) is 11.5. The molecule has 0 amide bonds. The lowest BCUT2D eigenvalue weighted by atomic mass is 10.2. The molecule has 2 rings (SSSR count). The number of hydrogen-bond acceptors (Lipinski definition) is 6. The average molecular weight is 215 g/mol. The summed E-state index contributed by atoms with van der Waals surface area (Å²) in [6.07, 6.45) is 8.31. The zero-order valence-corrected chi connectivity index (χ0v) is 8.33. The van der Waals surface area contributed by atoms with Crippen LogP contribution in [0.3, 0.4) is 0 Å². The van der Waals surface area contributed by atoms with Crippen molar-refractivity contribution >= 4 is 11.6 Å². The molecule has 0 unspecified atom stereocenters. The van der Waals surface area contributed by atoms with Gasteiger partial charge >= 0.3 is 0 Å². The van der Waals surface area contributed by atoms with Gasteiger partial charge in [-0.1, -0.05) is 0 Å². The van der Waals surface area contributed by atoms with Crippen molar-refractivity contribution < 1.29 is 0 Å². The van der Waals surface area contributed by atoms with Gasteiger partial charge in [-0.2, -0.15) is 19.7 Å². The number of terminal acetylenes is 1. The Kier molecular flexibility index (Phi) is 2.39. The number of hydrogen-bond donors (Lipinski definition) is 2. The van der Waals surface area contributed by atoms with Crippen molar-refractivity contribution in [1.29, 1.82) is 0 Å². The van der Waals surface area contributed by atoms with E-state index < -0.39 is 0 Å². The molecule has 16 heavy (non-hydrogen) atoms. The molecule has 0 saturated carbocycles. The van der Waals surface area contributed by atoms with E-state index >= 15 is 0 Å². The lowest BCUT2D eigenvalue weighted by molar-refractivity contribution is 0.808. The van der Waals surface area contributed by atoms with Crippen molar-refractivity contribution in [3.8, 4) is 18.3 Å². The first kappa shape index (κ1) is 9.92. The van der Waals surface area contributed by atoms with Gasteiger partial charge in [0.05, 0.1) is 0 Å². The predicted molar refractivity (Wildman–Crippen MR) is 58.3 cm³/mol. The largest absolute Gasteiger partial charge is 0.383 e. The van der Waals surface area contributed by atoms with E-state index in [2.05, 4.69) is 26.0 Å². The summed E-state index contributed by atoms with van der Waals surface area (Å²) < 4.78 is 1.37. The van der Waals surface area contributed by atoms with Gasteiger partial charge in [0.15, 0.2) is 0 Å². The second-order valence-corrected chi connectivity index (χ2v) is 2.99. The number of anilines is 2. The van der Waals surface area contributed by atoms with Gasteiger partial charge in [-0.15, -0.1) is 12.3 Å². The standard InChI is InChI=1S/C9H9N7/c1-2-3-6-7(10)14-9(15-8(6)11)16-5-12-4-13-16/h1,4-5H,3H2,(H4,10,11,14,15). The normalized spacial score (nSPS) is 9.94. The minimum absolute atomic E-state index is 0.260. The molecule has 80 valence electrons. The van der Waals surface area contributed by atoms with Crippen LogP contribution in [0.15, 0.2) is 12.7 Å². The first-order valence-electron chi connectivity index (χ1n) is 4.42. The van der Waals surface area contributed by atoms with Crippen LogP contribution in [0.4, 0.5) is 11.6 Å². The second kappa shape index (κ2) is 3.86. The molecule has 4 N–H and O–H groups in total. The molecule has 2 heterocycles. The van der Waals surface area contributed by atoms with Gasteiger partial charge in [0, 0.05) is 12.0 Å². The summed E-state index contributed by atoms with van der Waals surface area (Å²) >= 11 is 0. The van der Waals surface area contributed by atoms with Gasteiger partial charge in [-0.05, 0) is 0 Å². The number of rotatable bonds is 2. The highest BCUT2D eigenvalue weighted by atomic mass is 15.4. The van der Waals surface area contributed by atoms with E-state index in [0.717, 1.165) is 0 Å². The third kappa shape index (κ3) is 1.64. The summed E-state index contributed by atoms with van der Waals surface area (Å²) in [5.74, 6) is 3.24. The van der Waals surface area contributed by atoms with Crippen LogP contribution >= 0.6 is 0 Å². The van der Waals surface area contributed by atoms with Crippen molar-refractivity contribution in [2.24, 2.45) is 0 Å². The smallest absolute Gasteiger partial charge is 0.255 e. The Morgan fingerprint density at radius 3 is 2.50 bits per heavy atom. The molecular weight excluding hydrogens is 206 g/mol. The molecule has 0 radical (unpaired) electrons. The van der Waals surface area contributed by atoms with Crippen LogP contribution in [0.1, 0.15) is 5.56 Å². The highest BCUT2D eigenvalue weighted by Gasteiger charge is 2.10. The molecule has 0 aromatic carbocycles. The first-order valence-corrected chi connectivity index (χ1v) is 4.42. The summed E-state index contributed by atoms with van der Waals surface area (Å²) in [6, 6.07) is 0. The minimum Gasteiger partial charge on any atom is -0.383 e. The minimum atomic E-state index is 0.260. The lowest BCUT2D eigenvalue weighted by Gasteiger charge is -2.07. The Hall–Kier alpha value is -2.62. The SMILES string of the molecule is C#CCc1c(N)nc(-n2cncn2)nc1N. The van der Waals surface area contributed by atoms with Crippen LogP contribution in [0.25, 0.3) is 5.95 Å². The Balaban J connectivity index is 2.50. The Bertz CT molecular complexity index is 514. The van der Waals surface area contributed by atoms with Crippen molar-refractivity contribution in [3.63, 3.8) is 0 Å². The van der Waals surface area contributed by atoms with Crippen LogP contribution < -0.4 is 11.5 Å². The van der Waals surface area contributed by atoms with Crippen LogP contribution in [-0.2, 0) is 6.42 Å². The zero-order valence-electron chi connectivity index (χ0n) is 8.33. The van der Waals surface area contributed by atoms with Crippen LogP contribution in [-0.4, -0.2) is 24.7 Å². The molecule has 2 aromatic heterocycles. The topological polar surface area (TPSA) is 109 Å². The maximum Gasteiger partial charge on any atom is 0.255 e. The fourth-order valence-electron chi connectivity index (χ4n) is 1.20. The van der Waals surface area contributed by atoms with Gasteiger partial charge in [-0.25, -0.2) is 4.98 Å². The van der Waals surface area contributed by atoms with E-state index in [1.165, 1.54) is 17.3 Å². The molecule has 0 aliphatic carbocycles. The van der Waals surface area contributed by atoms with Crippen molar-refractivity contribution in [2.75, 3.05) is 11.5 Å². The molecule has 7 heteroatoms.